The van der Waals surface area contributed by atoms with Crippen molar-refractivity contribution in [2.75, 3.05) is 37.6 Å². The number of nitrogens with zero attached hydrogens (tertiary/aromatic N) is 2. The Morgan fingerprint density at radius 2 is 1.85 bits per heavy atom. The van der Waals surface area contributed by atoms with Crippen molar-refractivity contribution in [2.45, 2.75) is 19.0 Å². The molecule has 26 heavy (non-hydrogen) atoms. The normalized spacial score (nSPS) is 15.1. The number of benzene rings is 1. The first kappa shape index (κ1) is 20.2. The van der Waals surface area contributed by atoms with E-state index in [1.165, 1.54) is 6.07 Å². The van der Waals surface area contributed by atoms with Crippen LogP contribution in [0, 0.1) is 0 Å². The summed E-state index contributed by atoms with van der Waals surface area (Å²) in [6.45, 7) is 1.93. The van der Waals surface area contributed by atoms with Gasteiger partial charge in [-0.2, -0.15) is 13.2 Å². The van der Waals surface area contributed by atoms with Crippen molar-refractivity contribution in [1.82, 2.24) is 10.2 Å². The number of amides is 2. The molecule has 2 N–H and O–H groups in total. The average Bonchev–Trinajstić information content (AvgIpc) is 2.57. The number of aliphatic carboxylic acids is 1. The van der Waals surface area contributed by atoms with E-state index in [1.807, 2.05) is 4.90 Å². The monoisotopic (exact) mass is 393 g/mol. The molecule has 0 saturated carbocycles. The molecule has 0 unspecified atom stereocenters. The summed E-state index contributed by atoms with van der Waals surface area (Å²) in [7, 11) is 0. The first-order valence-corrected chi connectivity index (χ1v) is 8.42. The fourth-order valence-corrected chi connectivity index (χ4v) is 2.94. The van der Waals surface area contributed by atoms with Crippen molar-refractivity contribution >= 4 is 29.3 Å². The van der Waals surface area contributed by atoms with Gasteiger partial charge >= 0.3 is 18.2 Å². The molecule has 0 spiro atoms. The Balaban J connectivity index is 1.86. The van der Waals surface area contributed by atoms with Gasteiger partial charge in [-0.15, -0.1) is 0 Å². The van der Waals surface area contributed by atoms with E-state index in [4.69, 9.17) is 16.7 Å². The van der Waals surface area contributed by atoms with Gasteiger partial charge in [0.2, 0.25) is 0 Å². The van der Waals surface area contributed by atoms with Crippen molar-refractivity contribution < 1.29 is 27.9 Å². The summed E-state index contributed by atoms with van der Waals surface area (Å²) < 4.78 is 38.1. The van der Waals surface area contributed by atoms with Crippen LogP contribution < -0.4 is 10.2 Å². The summed E-state index contributed by atoms with van der Waals surface area (Å²) >= 11 is 6.00. The van der Waals surface area contributed by atoms with Crippen LogP contribution >= 0.6 is 11.6 Å². The average molecular weight is 394 g/mol. The van der Waals surface area contributed by atoms with E-state index in [9.17, 15) is 22.8 Å². The van der Waals surface area contributed by atoms with Gasteiger partial charge in [-0.05, 0) is 24.6 Å². The molecular weight excluding hydrogens is 375 g/mol. The van der Waals surface area contributed by atoms with Gasteiger partial charge in [-0.25, -0.2) is 4.79 Å². The third-order valence-corrected chi connectivity index (χ3v) is 4.33. The maximum atomic E-state index is 12.7. The lowest BCUT2D eigenvalue weighted by molar-refractivity contribution is -0.138. The predicted octanol–water partition coefficient (Wildman–Crippen LogP) is 3.06. The number of piperazine rings is 1. The molecule has 2 amide bonds. The summed E-state index contributed by atoms with van der Waals surface area (Å²) in [6.07, 6.45) is -4.11. The largest absolute Gasteiger partial charge is 0.481 e. The van der Waals surface area contributed by atoms with Crippen LogP contribution in [-0.4, -0.2) is 54.7 Å². The Hall–Kier alpha value is -2.16. The number of hydrogen-bond acceptors (Lipinski definition) is 3. The summed E-state index contributed by atoms with van der Waals surface area (Å²) in [5.41, 5.74) is -0.299. The molecule has 0 aromatic heterocycles. The number of carbonyl (C=O) groups excluding carboxylic acids is 1. The minimum Gasteiger partial charge on any atom is -0.481 e. The zero-order chi connectivity index (χ0) is 19.3. The molecule has 0 aliphatic carbocycles. The van der Waals surface area contributed by atoms with E-state index in [1.54, 1.807) is 4.90 Å². The molecule has 1 heterocycles. The number of rotatable bonds is 5. The van der Waals surface area contributed by atoms with E-state index in [-0.39, 0.29) is 24.0 Å². The fourth-order valence-electron chi connectivity index (χ4n) is 2.64. The maximum absolute atomic E-state index is 12.7. The van der Waals surface area contributed by atoms with Crippen LogP contribution in [0.1, 0.15) is 18.4 Å². The van der Waals surface area contributed by atoms with Gasteiger partial charge in [-0.1, -0.05) is 11.6 Å². The molecule has 1 aromatic rings. The highest BCUT2D eigenvalue weighted by atomic mass is 35.5. The Morgan fingerprint density at radius 1 is 1.19 bits per heavy atom. The van der Waals surface area contributed by atoms with Crippen molar-refractivity contribution in [3.05, 3.63) is 28.8 Å². The predicted molar refractivity (Wildman–Crippen MR) is 90.5 cm³/mol. The van der Waals surface area contributed by atoms with Crippen LogP contribution in [0.2, 0.25) is 5.02 Å². The minimum atomic E-state index is -4.44. The number of halogens is 4. The van der Waals surface area contributed by atoms with E-state index < -0.39 is 17.7 Å². The molecule has 10 heteroatoms. The Morgan fingerprint density at radius 3 is 2.38 bits per heavy atom. The molecule has 1 fully saturated rings. The lowest BCUT2D eigenvalue weighted by Gasteiger charge is -2.36. The van der Waals surface area contributed by atoms with E-state index in [2.05, 4.69) is 5.32 Å². The van der Waals surface area contributed by atoms with E-state index >= 15 is 0 Å². The van der Waals surface area contributed by atoms with Crippen LogP contribution in [0.4, 0.5) is 23.7 Å². The third-order valence-electron chi connectivity index (χ3n) is 4.03. The second-order valence-electron chi connectivity index (χ2n) is 5.87. The van der Waals surface area contributed by atoms with Crippen molar-refractivity contribution in [1.29, 1.82) is 0 Å². The van der Waals surface area contributed by atoms with Crippen LogP contribution in [0.25, 0.3) is 0 Å². The highest BCUT2D eigenvalue weighted by molar-refractivity contribution is 6.33. The van der Waals surface area contributed by atoms with Crippen molar-refractivity contribution in [3.63, 3.8) is 0 Å². The van der Waals surface area contributed by atoms with Gasteiger partial charge in [0.05, 0.1) is 16.3 Å². The molecular formula is C16H19ClF3N3O3. The molecule has 2 rings (SSSR count). The topological polar surface area (TPSA) is 72.9 Å². The summed E-state index contributed by atoms with van der Waals surface area (Å²) in [6, 6.07) is 2.95. The summed E-state index contributed by atoms with van der Waals surface area (Å²) in [4.78, 5) is 25.8. The van der Waals surface area contributed by atoms with Gasteiger partial charge in [0.1, 0.15) is 0 Å². The number of carbonyl (C=O) groups is 2. The van der Waals surface area contributed by atoms with Gasteiger partial charge < -0.3 is 20.2 Å². The highest BCUT2D eigenvalue weighted by Crippen LogP contribution is 2.35. The molecule has 6 nitrogen and oxygen atoms in total. The van der Waals surface area contributed by atoms with Gasteiger partial charge in [0.25, 0.3) is 0 Å². The first-order valence-electron chi connectivity index (χ1n) is 8.05. The van der Waals surface area contributed by atoms with Gasteiger partial charge in [0, 0.05) is 39.1 Å². The SMILES string of the molecule is O=C(O)CCCNC(=O)N1CCN(c2ccc(C(F)(F)F)cc2Cl)CC1. The van der Waals surface area contributed by atoms with Crippen molar-refractivity contribution in [2.24, 2.45) is 0 Å². The maximum Gasteiger partial charge on any atom is 0.416 e. The van der Waals surface area contributed by atoms with Gasteiger partial charge in [-0.3, -0.25) is 4.79 Å². The van der Waals surface area contributed by atoms with E-state index in [0.29, 0.717) is 38.3 Å². The zero-order valence-electron chi connectivity index (χ0n) is 13.9. The second kappa shape index (κ2) is 8.48. The Bertz CT molecular complexity index is 662. The molecule has 0 atom stereocenters. The Labute approximate surface area is 153 Å². The number of alkyl halides is 3. The number of hydrogen-bond donors (Lipinski definition) is 2. The number of anilines is 1. The third kappa shape index (κ3) is 5.42. The van der Waals surface area contributed by atoms with Gasteiger partial charge in [0.15, 0.2) is 0 Å². The molecule has 0 bridgehead atoms. The lowest BCUT2D eigenvalue weighted by atomic mass is 10.1. The standard InChI is InChI=1S/C16H19ClF3N3O3/c17-12-10-11(16(18,19)20)3-4-13(12)22-6-8-23(9-7-22)15(26)21-5-1-2-14(24)25/h3-4,10H,1-2,5-9H2,(H,21,26)(H,24,25). The zero-order valence-corrected chi connectivity index (χ0v) is 14.6. The molecule has 1 aromatic carbocycles. The van der Waals surface area contributed by atoms with Crippen LogP contribution in [0.3, 0.4) is 0 Å². The number of nitrogens with one attached hydrogen (secondary N) is 1. The smallest absolute Gasteiger partial charge is 0.416 e. The molecule has 144 valence electrons. The van der Waals surface area contributed by atoms with Crippen LogP contribution in [0.5, 0.6) is 0 Å². The molecule has 0 radical (unpaired) electrons. The van der Waals surface area contributed by atoms with Crippen molar-refractivity contribution in [3.8, 4) is 0 Å². The molecule has 1 aliphatic rings. The molecule has 1 aliphatic heterocycles. The fraction of sp³-hybridized carbons (Fsp3) is 0.500. The Kier molecular flexibility index (Phi) is 6.57. The van der Waals surface area contributed by atoms with Crippen LogP contribution in [0.15, 0.2) is 18.2 Å². The number of urea groups is 1. The molecule has 1 saturated heterocycles. The number of carboxylic acids is 1. The van der Waals surface area contributed by atoms with Crippen LogP contribution in [-0.2, 0) is 11.0 Å². The lowest BCUT2D eigenvalue weighted by Crippen LogP contribution is -2.52. The quantitative estimate of drug-likeness (QED) is 0.754. The first-order chi connectivity index (χ1) is 12.2. The number of carboxylic acid groups (broad SMARTS) is 1. The minimum absolute atomic E-state index is 0.0134. The van der Waals surface area contributed by atoms with E-state index in [0.717, 1.165) is 12.1 Å². The summed E-state index contributed by atoms with van der Waals surface area (Å²) in [5.74, 6) is -0.915. The second-order valence-corrected chi connectivity index (χ2v) is 6.27. The summed E-state index contributed by atoms with van der Waals surface area (Å²) in [5, 5.41) is 11.2. The highest BCUT2D eigenvalue weighted by Gasteiger charge is 2.31.